The fraction of sp³-hybridized carbons (Fsp3) is 0.312. The maximum atomic E-state index is 13.0. The van der Waals surface area contributed by atoms with Gasteiger partial charge < -0.3 is 19.3 Å². The number of rotatable bonds is 3. The number of fused-ring (bicyclic) bond motifs is 1. The van der Waals surface area contributed by atoms with E-state index in [-0.39, 0.29) is 25.2 Å². The second-order valence-corrected chi connectivity index (χ2v) is 5.81. The molecule has 0 spiro atoms. The van der Waals surface area contributed by atoms with Crippen LogP contribution < -0.4 is 19.9 Å². The molecule has 1 fully saturated rings. The fourth-order valence-electron chi connectivity index (χ4n) is 2.85. The first-order valence-corrected chi connectivity index (χ1v) is 7.76. The van der Waals surface area contributed by atoms with Crippen molar-refractivity contribution in [3.63, 3.8) is 0 Å². The Hall–Kier alpha value is -3.10. The molecule has 0 unspecified atom stereocenters. The first kappa shape index (κ1) is 15.4. The van der Waals surface area contributed by atoms with Crippen LogP contribution in [0.25, 0.3) is 0 Å². The first-order valence-electron chi connectivity index (χ1n) is 7.76. The van der Waals surface area contributed by atoms with Crippen LogP contribution in [-0.2, 0) is 11.3 Å². The van der Waals surface area contributed by atoms with Crippen molar-refractivity contribution in [2.75, 3.05) is 31.3 Å². The molecule has 1 saturated heterocycles. The Bertz CT molecular complexity index is 885. The van der Waals surface area contributed by atoms with Crippen molar-refractivity contribution >= 4 is 11.9 Å². The second kappa shape index (κ2) is 6.08. The molecule has 0 atom stereocenters. The van der Waals surface area contributed by atoms with Crippen molar-refractivity contribution in [3.05, 3.63) is 46.1 Å². The van der Waals surface area contributed by atoms with Crippen LogP contribution in [0.4, 0.5) is 10.3 Å². The Morgan fingerprint density at radius 1 is 1.20 bits per heavy atom. The summed E-state index contributed by atoms with van der Waals surface area (Å²) in [6.07, 6.45) is 0.859. The molecule has 1 amide bonds. The maximum Gasteiger partial charge on any atom is 0.288 e. The van der Waals surface area contributed by atoms with Crippen LogP contribution in [0.5, 0.6) is 11.5 Å². The zero-order chi connectivity index (χ0) is 17.4. The Kier molecular flexibility index (Phi) is 3.75. The molecule has 1 aromatic heterocycles. The van der Waals surface area contributed by atoms with Gasteiger partial charge in [0.2, 0.25) is 24.5 Å². The molecule has 3 heterocycles. The molecule has 0 bridgehead atoms. The van der Waals surface area contributed by atoms with E-state index in [1.54, 1.807) is 9.80 Å². The molecule has 1 N–H and O–H groups in total. The second-order valence-electron chi connectivity index (χ2n) is 5.81. The highest BCUT2D eigenvalue weighted by Crippen LogP contribution is 2.32. The smallest absolute Gasteiger partial charge is 0.288 e. The number of piperazine rings is 1. The van der Waals surface area contributed by atoms with Gasteiger partial charge in [-0.2, -0.15) is 4.39 Å². The third-order valence-corrected chi connectivity index (χ3v) is 4.17. The number of nitrogens with zero attached hydrogens (tertiary/aromatic N) is 3. The molecule has 130 valence electrons. The van der Waals surface area contributed by atoms with Crippen LogP contribution in [0.2, 0.25) is 0 Å². The zero-order valence-electron chi connectivity index (χ0n) is 13.2. The summed E-state index contributed by atoms with van der Waals surface area (Å²) in [5.41, 5.74) is 0.0969. The highest BCUT2D eigenvalue weighted by molar-refractivity contribution is 5.82. The molecule has 0 radical (unpaired) electrons. The van der Waals surface area contributed by atoms with Crippen LogP contribution >= 0.6 is 0 Å². The summed E-state index contributed by atoms with van der Waals surface area (Å²) in [6, 6.07) is 5.58. The van der Waals surface area contributed by atoms with Gasteiger partial charge >= 0.3 is 0 Å². The van der Waals surface area contributed by atoms with Crippen molar-refractivity contribution in [1.82, 2.24) is 14.9 Å². The molecule has 1 aromatic carbocycles. The zero-order valence-corrected chi connectivity index (χ0v) is 13.2. The largest absolute Gasteiger partial charge is 0.454 e. The summed E-state index contributed by atoms with van der Waals surface area (Å²) in [5.74, 6) is 0.526. The number of aromatic amines is 1. The van der Waals surface area contributed by atoms with E-state index >= 15 is 0 Å². The van der Waals surface area contributed by atoms with E-state index in [1.165, 1.54) is 0 Å². The molecule has 2 aliphatic heterocycles. The summed E-state index contributed by atoms with van der Waals surface area (Å²) < 4.78 is 23.6. The SMILES string of the molecule is O=C1CN(c2ncc(F)c(=O)[nH]2)CCN1Cc1ccc2c(c1)OCO2. The lowest BCUT2D eigenvalue weighted by Gasteiger charge is -2.34. The molecular weight excluding hydrogens is 331 g/mol. The summed E-state index contributed by atoms with van der Waals surface area (Å²) in [6.45, 7) is 1.69. The number of hydrogen-bond donors (Lipinski definition) is 1. The van der Waals surface area contributed by atoms with Gasteiger partial charge in [0.25, 0.3) is 5.56 Å². The molecular formula is C16H15FN4O4. The quantitative estimate of drug-likeness (QED) is 0.870. The molecule has 4 rings (SSSR count). The van der Waals surface area contributed by atoms with Crippen LogP contribution in [0.15, 0.2) is 29.2 Å². The number of carbonyl (C=O) groups is 1. The predicted octanol–water partition coefficient (Wildman–Crippen LogP) is 0.486. The summed E-state index contributed by atoms with van der Waals surface area (Å²) >= 11 is 0. The maximum absolute atomic E-state index is 13.0. The molecule has 0 saturated carbocycles. The van der Waals surface area contributed by atoms with Gasteiger partial charge in [-0.15, -0.1) is 0 Å². The minimum atomic E-state index is -0.948. The number of benzene rings is 1. The van der Waals surface area contributed by atoms with Crippen molar-refractivity contribution in [2.45, 2.75) is 6.54 Å². The van der Waals surface area contributed by atoms with Crippen molar-refractivity contribution in [2.24, 2.45) is 0 Å². The number of carbonyl (C=O) groups excluding carboxylic acids is 1. The van der Waals surface area contributed by atoms with E-state index in [0.717, 1.165) is 11.8 Å². The number of ether oxygens (including phenoxy) is 2. The van der Waals surface area contributed by atoms with E-state index in [9.17, 15) is 14.0 Å². The van der Waals surface area contributed by atoms with Gasteiger partial charge in [0.15, 0.2) is 11.5 Å². The number of H-pyrrole nitrogens is 1. The number of amides is 1. The van der Waals surface area contributed by atoms with E-state index in [0.29, 0.717) is 31.1 Å². The molecule has 2 aliphatic rings. The predicted molar refractivity (Wildman–Crippen MR) is 85.0 cm³/mol. The highest BCUT2D eigenvalue weighted by atomic mass is 19.1. The Morgan fingerprint density at radius 2 is 2.04 bits per heavy atom. The van der Waals surface area contributed by atoms with Crippen LogP contribution in [0.1, 0.15) is 5.56 Å². The minimum absolute atomic E-state index is 0.0686. The Balaban J connectivity index is 1.44. The van der Waals surface area contributed by atoms with Gasteiger partial charge in [0.05, 0.1) is 12.7 Å². The van der Waals surface area contributed by atoms with E-state index in [4.69, 9.17) is 9.47 Å². The van der Waals surface area contributed by atoms with Crippen LogP contribution in [0.3, 0.4) is 0 Å². The molecule has 9 heteroatoms. The van der Waals surface area contributed by atoms with Gasteiger partial charge in [0.1, 0.15) is 0 Å². The lowest BCUT2D eigenvalue weighted by molar-refractivity contribution is -0.131. The highest BCUT2D eigenvalue weighted by Gasteiger charge is 2.26. The number of anilines is 1. The Morgan fingerprint density at radius 3 is 2.84 bits per heavy atom. The monoisotopic (exact) mass is 346 g/mol. The van der Waals surface area contributed by atoms with Crippen LogP contribution in [0, 0.1) is 5.82 Å². The third kappa shape index (κ3) is 3.00. The van der Waals surface area contributed by atoms with E-state index in [1.807, 2.05) is 18.2 Å². The lowest BCUT2D eigenvalue weighted by atomic mass is 10.1. The van der Waals surface area contributed by atoms with Crippen molar-refractivity contribution in [3.8, 4) is 11.5 Å². The topological polar surface area (TPSA) is 87.8 Å². The number of nitrogens with one attached hydrogen (secondary N) is 1. The molecule has 0 aliphatic carbocycles. The molecule has 8 nitrogen and oxygen atoms in total. The fourth-order valence-corrected chi connectivity index (χ4v) is 2.85. The van der Waals surface area contributed by atoms with Gasteiger partial charge in [-0.3, -0.25) is 14.6 Å². The van der Waals surface area contributed by atoms with Gasteiger partial charge in [0, 0.05) is 19.6 Å². The first-order chi connectivity index (χ1) is 12.1. The minimum Gasteiger partial charge on any atom is -0.454 e. The van der Waals surface area contributed by atoms with Gasteiger partial charge in [-0.05, 0) is 17.7 Å². The van der Waals surface area contributed by atoms with Crippen LogP contribution in [-0.4, -0.2) is 47.2 Å². The number of aromatic nitrogens is 2. The summed E-state index contributed by atoms with van der Waals surface area (Å²) in [4.78, 5) is 33.3. The van der Waals surface area contributed by atoms with Crippen molar-refractivity contribution in [1.29, 1.82) is 0 Å². The number of halogens is 1. The molecule has 25 heavy (non-hydrogen) atoms. The standard InChI is InChI=1S/C16H15FN4O4/c17-11-6-18-16(19-15(11)23)21-4-3-20(14(22)8-21)7-10-1-2-12-13(5-10)25-9-24-12/h1-2,5-6H,3-4,7-9H2,(H,18,19,23). The Labute approximate surface area is 141 Å². The van der Waals surface area contributed by atoms with Crippen molar-refractivity contribution < 1.29 is 18.7 Å². The summed E-state index contributed by atoms with van der Waals surface area (Å²) in [7, 11) is 0. The lowest BCUT2D eigenvalue weighted by Crippen LogP contribution is -2.50. The number of hydrogen-bond acceptors (Lipinski definition) is 6. The van der Waals surface area contributed by atoms with Gasteiger partial charge in [-0.1, -0.05) is 6.07 Å². The summed E-state index contributed by atoms with van der Waals surface area (Å²) in [5, 5.41) is 0. The van der Waals surface area contributed by atoms with E-state index in [2.05, 4.69) is 9.97 Å². The third-order valence-electron chi connectivity index (χ3n) is 4.17. The normalized spacial score (nSPS) is 16.4. The van der Waals surface area contributed by atoms with E-state index < -0.39 is 11.4 Å². The average molecular weight is 346 g/mol. The van der Waals surface area contributed by atoms with Gasteiger partial charge in [-0.25, -0.2) is 4.98 Å². The molecule has 2 aromatic rings. The average Bonchev–Trinajstić information content (AvgIpc) is 3.07.